The molecule has 0 saturated heterocycles. The van der Waals surface area contributed by atoms with Gasteiger partial charge in [0.2, 0.25) is 11.6 Å². The number of carbonyl (C=O) groups is 2. The van der Waals surface area contributed by atoms with Crippen LogP contribution in [-0.4, -0.2) is 23.7 Å². The standard InChI is InChI=1S/C20H15NO3/c1-24-18-9-7-14(8-10-18)19(22)20(23)16-5-2-4-15(12-16)17-6-3-11-21-13-17/h2-13H,1H3. The number of ketones is 2. The van der Waals surface area contributed by atoms with Gasteiger partial charge in [0.25, 0.3) is 0 Å². The molecule has 1 heterocycles. The Kier molecular flexibility index (Phi) is 4.47. The highest BCUT2D eigenvalue weighted by Gasteiger charge is 2.18. The first-order chi connectivity index (χ1) is 11.7. The maximum absolute atomic E-state index is 12.5. The van der Waals surface area contributed by atoms with Crippen molar-refractivity contribution in [2.24, 2.45) is 0 Å². The fourth-order valence-electron chi connectivity index (χ4n) is 2.38. The Morgan fingerprint density at radius 1 is 0.833 bits per heavy atom. The van der Waals surface area contributed by atoms with Gasteiger partial charge in [-0.05, 0) is 42.0 Å². The van der Waals surface area contributed by atoms with Gasteiger partial charge in [0.1, 0.15) is 5.75 Å². The van der Waals surface area contributed by atoms with Gasteiger partial charge in [0.05, 0.1) is 7.11 Å². The third kappa shape index (κ3) is 3.22. The molecule has 3 rings (SSSR count). The van der Waals surface area contributed by atoms with Crippen LogP contribution in [0.5, 0.6) is 5.75 Å². The van der Waals surface area contributed by atoms with Crippen LogP contribution in [0.2, 0.25) is 0 Å². The van der Waals surface area contributed by atoms with Gasteiger partial charge >= 0.3 is 0 Å². The number of methoxy groups -OCH3 is 1. The van der Waals surface area contributed by atoms with Crippen LogP contribution in [0.25, 0.3) is 11.1 Å². The summed E-state index contributed by atoms with van der Waals surface area (Å²) >= 11 is 0. The summed E-state index contributed by atoms with van der Waals surface area (Å²) in [5.74, 6) is -0.440. The number of pyridine rings is 1. The Labute approximate surface area is 139 Å². The minimum absolute atomic E-state index is 0.340. The summed E-state index contributed by atoms with van der Waals surface area (Å²) in [7, 11) is 1.55. The molecule has 118 valence electrons. The van der Waals surface area contributed by atoms with Crippen molar-refractivity contribution in [1.29, 1.82) is 0 Å². The van der Waals surface area contributed by atoms with Crippen molar-refractivity contribution < 1.29 is 14.3 Å². The second kappa shape index (κ2) is 6.87. The van der Waals surface area contributed by atoms with E-state index in [0.29, 0.717) is 16.9 Å². The highest BCUT2D eigenvalue weighted by atomic mass is 16.5. The zero-order valence-electron chi connectivity index (χ0n) is 13.1. The van der Waals surface area contributed by atoms with Crippen LogP contribution >= 0.6 is 0 Å². The third-order valence-electron chi connectivity index (χ3n) is 3.68. The zero-order valence-corrected chi connectivity index (χ0v) is 13.1. The molecule has 0 atom stereocenters. The topological polar surface area (TPSA) is 56.3 Å². The molecule has 3 aromatic rings. The van der Waals surface area contributed by atoms with Crippen molar-refractivity contribution in [3.8, 4) is 16.9 Å². The van der Waals surface area contributed by atoms with E-state index in [1.54, 1.807) is 62.0 Å². The number of Topliss-reactive ketones (excluding diaryl/α,β-unsaturated/α-hetero) is 2. The second-order valence-electron chi connectivity index (χ2n) is 5.21. The maximum atomic E-state index is 12.5. The lowest BCUT2D eigenvalue weighted by molar-refractivity contribution is 0.0817. The minimum atomic E-state index is -0.541. The predicted octanol–water partition coefficient (Wildman–Crippen LogP) is 3.82. The Hall–Kier alpha value is -3.27. The van der Waals surface area contributed by atoms with E-state index in [4.69, 9.17) is 4.74 Å². The molecule has 0 spiro atoms. The monoisotopic (exact) mass is 317 g/mol. The van der Waals surface area contributed by atoms with E-state index < -0.39 is 11.6 Å². The van der Waals surface area contributed by atoms with E-state index in [1.165, 1.54) is 0 Å². The van der Waals surface area contributed by atoms with Gasteiger partial charge in [-0.2, -0.15) is 0 Å². The van der Waals surface area contributed by atoms with Crippen LogP contribution in [0.3, 0.4) is 0 Å². The van der Waals surface area contributed by atoms with Crippen molar-refractivity contribution in [2.45, 2.75) is 0 Å². The van der Waals surface area contributed by atoms with Gasteiger partial charge < -0.3 is 4.74 Å². The van der Waals surface area contributed by atoms with Gasteiger partial charge in [0.15, 0.2) is 0 Å². The van der Waals surface area contributed by atoms with Crippen LogP contribution in [0.15, 0.2) is 73.1 Å². The van der Waals surface area contributed by atoms with E-state index in [9.17, 15) is 9.59 Å². The van der Waals surface area contributed by atoms with Crippen molar-refractivity contribution in [3.05, 3.63) is 84.2 Å². The molecule has 4 heteroatoms. The Morgan fingerprint density at radius 3 is 2.21 bits per heavy atom. The number of hydrogen-bond acceptors (Lipinski definition) is 4. The molecule has 4 nitrogen and oxygen atoms in total. The second-order valence-corrected chi connectivity index (χ2v) is 5.21. The molecule has 0 radical (unpaired) electrons. The fourth-order valence-corrected chi connectivity index (χ4v) is 2.38. The summed E-state index contributed by atoms with van der Waals surface area (Å²) in [6.07, 6.45) is 3.40. The highest BCUT2D eigenvalue weighted by Crippen LogP contribution is 2.20. The summed E-state index contributed by atoms with van der Waals surface area (Å²) in [6.45, 7) is 0. The van der Waals surface area contributed by atoms with Crippen LogP contribution in [0.1, 0.15) is 20.7 Å². The molecule has 0 aliphatic rings. The smallest absolute Gasteiger partial charge is 0.233 e. The van der Waals surface area contributed by atoms with E-state index in [2.05, 4.69) is 4.98 Å². The van der Waals surface area contributed by atoms with Crippen LogP contribution in [0, 0.1) is 0 Å². The predicted molar refractivity (Wildman–Crippen MR) is 91.3 cm³/mol. The molecule has 0 N–H and O–H groups in total. The number of hydrogen-bond donors (Lipinski definition) is 0. The van der Waals surface area contributed by atoms with Gasteiger partial charge in [-0.15, -0.1) is 0 Å². The largest absolute Gasteiger partial charge is 0.497 e. The molecule has 2 aromatic carbocycles. The maximum Gasteiger partial charge on any atom is 0.233 e. The Bertz CT molecular complexity index is 871. The quantitative estimate of drug-likeness (QED) is 0.530. The normalized spacial score (nSPS) is 10.2. The van der Waals surface area contributed by atoms with Crippen molar-refractivity contribution in [1.82, 2.24) is 4.98 Å². The van der Waals surface area contributed by atoms with E-state index in [0.717, 1.165) is 11.1 Å². The molecule has 24 heavy (non-hydrogen) atoms. The molecule has 0 unspecified atom stereocenters. The Balaban J connectivity index is 1.88. The lowest BCUT2D eigenvalue weighted by Crippen LogP contribution is -2.14. The van der Waals surface area contributed by atoms with Gasteiger partial charge in [0, 0.05) is 29.1 Å². The van der Waals surface area contributed by atoms with Crippen molar-refractivity contribution in [2.75, 3.05) is 7.11 Å². The Morgan fingerprint density at radius 2 is 1.54 bits per heavy atom. The number of ether oxygens (including phenoxy) is 1. The number of benzene rings is 2. The van der Waals surface area contributed by atoms with E-state index in [1.807, 2.05) is 18.2 Å². The fraction of sp³-hybridized carbons (Fsp3) is 0.0500. The lowest BCUT2D eigenvalue weighted by atomic mass is 9.98. The van der Waals surface area contributed by atoms with Gasteiger partial charge in [-0.3, -0.25) is 14.6 Å². The molecule has 1 aromatic heterocycles. The molecule has 0 saturated carbocycles. The third-order valence-corrected chi connectivity index (χ3v) is 3.68. The van der Waals surface area contributed by atoms with Crippen molar-refractivity contribution in [3.63, 3.8) is 0 Å². The molecule has 0 aliphatic carbocycles. The first-order valence-corrected chi connectivity index (χ1v) is 7.42. The van der Waals surface area contributed by atoms with Gasteiger partial charge in [-0.1, -0.05) is 24.3 Å². The zero-order chi connectivity index (χ0) is 16.9. The average molecular weight is 317 g/mol. The molecule has 0 aliphatic heterocycles. The number of aromatic nitrogens is 1. The van der Waals surface area contributed by atoms with Crippen molar-refractivity contribution >= 4 is 11.6 Å². The highest BCUT2D eigenvalue weighted by molar-refractivity contribution is 6.49. The molecular formula is C20H15NO3. The first-order valence-electron chi connectivity index (χ1n) is 7.42. The summed E-state index contributed by atoms with van der Waals surface area (Å²) in [6, 6.07) is 17.2. The van der Waals surface area contributed by atoms with Crippen LogP contribution in [0.4, 0.5) is 0 Å². The molecular weight excluding hydrogens is 302 g/mol. The number of carbonyl (C=O) groups excluding carboxylic acids is 2. The lowest BCUT2D eigenvalue weighted by Gasteiger charge is -2.05. The van der Waals surface area contributed by atoms with Gasteiger partial charge in [-0.25, -0.2) is 0 Å². The summed E-state index contributed by atoms with van der Waals surface area (Å²) in [5, 5.41) is 0. The van der Waals surface area contributed by atoms with Crippen LogP contribution in [-0.2, 0) is 0 Å². The van der Waals surface area contributed by atoms with E-state index >= 15 is 0 Å². The summed E-state index contributed by atoms with van der Waals surface area (Å²) < 4.78 is 5.06. The number of rotatable bonds is 5. The average Bonchev–Trinajstić information content (AvgIpc) is 2.67. The SMILES string of the molecule is COc1ccc(C(=O)C(=O)c2cccc(-c3cccnc3)c2)cc1. The molecule has 0 amide bonds. The van der Waals surface area contributed by atoms with Crippen LogP contribution < -0.4 is 4.74 Å². The molecule has 0 fully saturated rings. The summed E-state index contributed by atoms with van der Waals surface area (Å²) in [5.41, 5.74) is 2.44. The summed E-state index contributed by atoms with van der Waals surface area (Å²) in [4.78, 5) is 28.9. The first kappa shape index (κ1) is 15.6. The minimum Gasteiger partial charge on any atom is -0.497 e. The van der Waals surface area contributed by atoms with E-state index in [-0.39, 0.29) is 0 Å². The molecule has 0 bridgehead atoms. The number of nitrogens with zero attached hydrogens (tertiary/aromatic N) is 1.